The molecule has 0 bridgehead atoms. The summed E-state index contributed by atoms with van der Waals surface area (Å²) >= 11 is 5.60. The highest BCUT2D eigenvalue weighted by Gasteiger charge is 2.17. The molecule has 0 fully saturated rings. The van der Waals surface area contributed by atoms with Gasteiger partial charge >= 0.3 is 0 Å². The maximum Gasteiger partial charge on any atom is 0.238 e. The second kappa shape index (κ2) is 5.63. The molecule has 21 heavy (non-hydrogen) atoms. The van der Waals surface area contributed by atoms with Gasteiger partial charge in [0, 0.05) is 22.6 Å². The third-order valence-electron chi connectivity index (χ3n) is 3.26. The highest BCUT2D eigenvalue weighted by molar-refractivity contribution is 7.89. The summed E-state index contributed by atoms with van der Waals surface area (Å²) in [5.74, 6) is -0.264. The molecular formula is C14H15ClN2O3S. The summed E-state index contributed by atoms with van der Waals surface area (Å²) in [5.41, 5.74) is 2.69. The molecule has 1 heterocycles. The summed E-state index contributed by atoms with van der Waals surface area (Å²) < 4.78 is 24.7. The second-order valence-corrected chi connectivity index (χ2v) is 6.55. The van der Waals surface area contributed by atoms with E-state index in [9.17, 15) is 13.2 Å². The van der Waals surface area contributed by atoms with Gasteiger partial charge in [0.15, 0.2) is 5.78 Å². The smallest absolute Gasteiger partial charge is 0.238 e. The van der Waals surface area contributed by atoms with Gasteiger partial charge in [-0.2, -0.15) is 0 Å². The molecule has 112 valence electrons. The van der Waals surface area contributed by atoms with Crippen LogP contribution in [0.1, 0.15) is 21.7 Å². The Morgan fingerprint density at radius 2 is 1.95 bits per heavy atom. The standard InChI is InChI=1S/C14H15ClN2O3S/c1-9-6-13(14(18)8-15)10(2)17(9)11-4-3-5-12(7-11)21(16,19)20/h3-7H,8H2,1-2H3,(H2,16,19,20). The van der Waals surface area contributed by atoms with E-state index in [0.29, 0.717) is 16.9 Å². The fourth-order valence-corrected chi connectivity index (χ4v) is 3.01. The van der Waals surface area contributed by atoms with Gasteiger partial charge in [0.05, 0.1) is 10.8 Å². The van der Waals surface area contributed by atoms with Gasteiger partial charge < -0.3 is 4.57 Å². The molecule has 0 saturated heterocycles. The van der Waals surface area contributed by atoms with Crippen LogP contribution >= 0.6 is 11.6 Å². The zero-order valence-electron chi connectivity index (χ0n) is 11.6. The lowest BCUT2D eigenvalue weighted by molar-refractivity contribution is 0.102. The zero-order chi connectivity index (χ0) is 15.8. The molecule has 0 amide bonds. The van der Waals surface area contributed by atoms with Crippen molar-refractivity contribution >= 4 is 27.4 Å². The molecule has 2 aromatic rings. The van der Waals surface area contributed by atoms with Crippen LogP contribution < -0.4 is 5.14 Å². The molecule has 2 N–H and O–H groups in total. The summed E-state index contributed by atoms with van der Waals surface area (Å²) in [6, 6.07) is 8.01. The predicted octanol–water partition coefficient (Wildman–Crippen LogP) is 2.16. The van der Waals surface area contributed by atoms with Gasteiger partial charge in [0.1, 0.15) is 0 Å². The number of nitrogens with zero attached hydrogens (tertiary/aromatic N) is 1. The first-order chi connectivity index (χ1) is 9.75. The Morgan fingerprint density at radius 3 is 2.52 bits per heavy atom. The van der Waals surface area contributed by atoms with Gasteiger partial charge in [-0.3, -0.25) is 4.79 Å². The third-order valence-corrected chi connectivity index (χ3v) is 4.41. The summed E-state index contributed by atoms with van der Waals surface area (Å²) in [6.45, 7) is 3.62. The topological polar surface area (TPSA) is 82.2 Å². The molecule has 0 saturated carbocycles. The van der Waals surface area contributed by atoms with E-state index in [2.05, 4.69) is 0 Å². The molecular weight excluding hydrogens is 312 g/mol. The van der Waals surface area contributed by atoms with Crippen LogP contribution in [0.5, 0.6) is 0 Å². The number of alkyl halides is 1. The molecule has 2 rings (SSSR count). The molecule has 7 heteroatoms. The number of nitrogens with two attached hydrogens (primary N) is 1. The molecule has 0 spiro atoms. The van der Waals surface area contributed by atoms with Crippen LogP contribution in [0, 0.1) is 13.8 Å². The van der Waals surface area contributed by atoms with Gasteiger partial charge in [0.25, 0.3) is 0 Å². The molecule has 0 aliphatic carbocycles. The third kappa shape index (κ3) is 3.02. The second-order valence-electron chi connectivity index (χ2n) is 4.72. The van der Waals surface area contributed by atoms with Crippen molar-refractivity contribution in [3.63, 3.8) is 0 Å². The molecule has 0 aliphatic rings. The highest BCUT2D eigenvalue weighted by Crippen LogP contribution is 2.23. The number of primary sulfonamides is 1. The van der Waals surface area contributed by atoms with Crippen LogP contribution in [0.4, 0.5) is 0 Å². The number of sulfonamides is 1. The monoisotopic (exact) mass is 326 g/mol. The average molecular weight is 327 g/mol. The van der Waals surface area contributed by atoms with Gasteiger partial charge in [-0.1, -0.05) is 6.07 Å². The normalized spacial score (nSPS) is 11.6. The Kier molecular flexibility index (Phi) is 4.22. The van der Waals surface area contributed by atoms with Crippen molar-refractivity contribution in [3.8, 4) is 5.69 Å². The Labute approximate surface area is 128 Å². The number of hydrogen-bond donors (Lipinski definition) is 1. The van der Waals surface area contributed by atoms with Gasteiger partial charge in [-0.05, 0) is 38.1 Å². The minimum absolute atomic E-state index is 0.0257. The van der Waals surface area contributed by atoms with Gasteiger partial charge in [0.2, 0.25) is 10.0 Å². The SMILES string of the molecule is Cc1cc(C(=O)CCl)c(C)n1-c1cccc(S(N)(=O)=O)c1. The summed E-state index contributed by atoms with van der Waals surface area (Å²) in [6.07, 6.45) is 0. The number of aryl methyl sites for hydroxylation is 1. The summed E-state index contributed by atoms with van der Waals surface area (Å²) in [5, 5.41) is 5.15. The quantitative estimate of drug-likeness (QED) is 0.690. The van der Waals surface area contributed by atoms with Crippen LogP contribution in [0.15, 0.2) is 35.2 Å². The number of rotatable bonds is 4. The van der Waals surface area contributed by atoms with Gasteiger partial charge in [-0.25, -0.2) is 13.6 Å². The van der Waals surface area contributed by atoms with Crippen LogP contribution in [0.25, 0.3) is 5.69 Å². The Balaban J connectivity index is 2.63. The first kappa shape index (κ1) is 15.8. The van der Waals surface area contributed by atoms with Crippen molar-refractivity contribution in [2.75, 3.05) is 5.88 Å². The molecule has 1 aromatic heterocycles. The fraction of sp³-hybridized carbons (Fsp3) is 0.214. The van der Waals surface area contributed by atoms with Gasteiger partial charge in [-0.15, -0.1) is 11.6 Å². The van der Waals surface area contributed by atoms with Crippen LogP contribution in [-0.4, -0.2) is 24.6 Å². The fourth-order valence-electron chi connectivity index (χ4n) is 2.31. The molecule has 0 aliphatic heterocycles. The lowest BCUT2D eigenvalue weighted by Gasteiger charge is -2.11. The van der Waals surface area contributed by atoms with E-state index >= 15 is 0 Å². The van der Waals surface area contributed by atoms with E-state index < -0.39 is 10.0 Å². The van der Waals surface area contributed by atoms with E-state index in [-0.39, 0.29) is 16.6 Å². The Hall–Kier alpha value is -1.63. The van der Waals surface area contributed by atoms with E-state index in [4.69, 9.17) is 16.7 Å². The molecule has 5 nitrogen and oxygen atoms in total. The van der Waals surface area contributed by atoms with E-state index in [1.807, 2.05) is 6.92 Å². The summed E-state index contributed by atoms with van der Waals surface area (Å²) in [7, 11) is -3.77. The number of ketones is 1. The number of carbonyl (C=O) groups is 1. The minimum Gasteiger partial charge on any atom is -0.318 e. The molecule has 1 aromatic carbocycles. The lowest BCUT2D eigenvalue weighted by Crippen LogP contribution is -2.13. The Morgan fingerprint density at radius 1 is 1.29 bits per heavy atom. The number of aromatic nitrogens is 1. The van der Waals surface area contributed by atoms with Crippen LogP contribution in [-0.2, 0) is 10.0 Å². The molecule has 0 atom stereocenters. The average Bonchev–Trinajstić information content (AvgIpc) is 2.72. The Bertz CT molecular complexity index is 810. The maximum atomic E-state index is 11.8. The van der Waals surface area contributed by atoms with Crippen molar-refractivity contribution in [2.45, 2.75) is 18.7 Å². The highest BCUT2D eigenvalue weighted by atomic mass is 35.5. The number of benzene rings is 1. The van der Waals surface area contributed by atoms with Crippen molar-refractivity contribution in [1.29, 1.82) is 0 Å². The van der Waals surface area contributed by atoms with Crippen molar-refractivity contribution in [2.24, 2.45) is 5.14 Å². The number of Topliss-reactive ketones (excluding diaryl/α,β-unsaturated/α-hetero) is 1. The van der Waals surface area contributed by atoms with Crippen LogP contribution in [0.2, 0.25) is 0 Å². The maximum absolute atomic E-state index is 11.8. The largest absolute Gasteiger partial charge is 0.318 e. The molecule has 0 unspecified atom stereocenters. The lowest BCUT2D eigenvalue weighted by atomic mass is 10.2. The van der Waals surface area contributed by atoms with Crippen molar-refractivity contribution in [1.82, 2.24) is 4.57 Å². The summed E-state index contributed by atoms with van der Waals surface area (Å²) in [4.78, 5) is 11.8. The predicted molar refractivity (Wildman–Crippen MR) is 81.7 cm³/mol. The number of halogens is 1. The number of hydrogen-bond acceptors (Lipinski definition) is 3. The first-order valence-electron chi connectivity index (χ1n) is 6.17. The van der Waals surface area contributed by atoms with E-state index in [0.717, 1.165) is 5.69 Å². The molecule has 0 radical (unpaired) electrons. The zero-order valence-corrected chi connectivity index (χ0v) is 13.2. The minimum atomic E-state index is -3.77. The van der Waals surface area contributed by atoms with E-state index in [1.54, 1.807) is 29.7 Å². The van der Waals surface area contributed by atoms with Crippen molar-refractivity contribution in [3.05, 3.63) is 47.3 Å². The van der Waals surface area contributed by atoms with Crippen molar-refractivity contribution < 1.29 is 13.2 Å². The first-order valence-corrected chi connectivity index (χ1v) is 8.25. The van der Waals surface area contributed by atoms with Crippen LogP contribution in [0.3, 0.4) is 0 Å². The van der Waals surface area contributed by atoms with E-state index in [1.165, 1.54) is 12.1 Å². The number of carbonyl (C=O) groups excluding carboxylic acids is 1.